The minimum Gasteiger partial charge on any atom is -0.495 e. The smallest absolute Gasteiger partial charge is 0.244 e. The van der Waals surface area contributed by atoms with E-state index in [0.29, 0.717) is 18.2 Å². The molecule has 1 saturated carbocycles. The Morgan fingerprint density at radius 3 is 2.62 bits per heavy atom. The minimum absolute atomic E-state index is 0.0589. The van der Waals surface area contributed by atoms with Crippen LogP contribution in [0.4, 0.5) is 0 Å². The van der Waals surface area contributed by atoms with Crippen LogP contribution in [0.3, 0.4) is 0 Å². The van der Waals surface area contributed by atoms with E-state index >= 15 is 0 Å². The molecule has 118 valence electrons. The number of nitrogens with two attached hydrogens (primary N) is 1. The van der Waals surface area contributed by atoms with E-state index in [1.807, 2.05) is 6.92 Å². The normalized spacial score (nSPS) is 17.9. The van der Waals surface area contributed by atoms with Crippen molar-refractivity contribution in [3.63, 3.8) is 0 Å². The summed E-state index contributed by atoms with van der Waals surface area (Å²) in [6, 6.07) is 4.90. The van der Waals surface area contributed by atoms with Gasteiger partial charge in [0, 0.05) is 12.6 Å². The van der Waals surface area contributed by atoms with Crippen LogP contribution in [-0.4, -0.2) is 21.6 Å². The second-order valence-corrected chi connectivity index (χ2v) is 7.33. The van der Waals surface area contributed by atoms with Crippen molar-refractivity contribution in [2.75, 3.05) is 7.11 Å². The third-order valence-electron chi connectivity index (χ3n) is 4.20. The molecule has 5 nitrogen and oxygen atoms in total. The first-order chi connectivity index (χ1) is 9.97. The van der Waals surface area contributed by atoms with E-state index in [0.717, 1.165) is 18.4 Å². The van der Waals surface area contributed by atoms with Crippen LogP contribution in [0.5, 0.6) is 5.75 Å². The Morgan fingerprint density at radius 1 is 1.38 bits per heavy atom. The van der Waals surface area contributed by atoms with Crippen LogP contribution in [0.15, 0.2) is 23.1 Å². The molecule has 6 heteroatoms. The second kappa shape index (κ2) is 6.77. The zero-order chi connectivity index (χ0) is 15.5. The maximum absolute atomic E-state index is 12.6. The van der Waals surface area contributed by atoms with Gasteiger partial charge in [0.15, 0.2) is 0 Å². The number of nitrogens with one attached hydrogen (secondary N) is 1. The summed E-state index contributed by atoms with van der Waals surface area (Å²) in [7, 11) is -2.11. The Kier molecular flexibility index (Phi) is 5.24. The average molecular weight is 312 g/mol. The zero-order valence-corrected chi connectivity index (χ0v) is 13.4. The molecule has 1 fully saturated rings. The number of hydrogen-bond donors (Lipinski definition) is 2. The molecule has 0 radical (unpaired) electrons. The number of sulfonamides is 1. The largest absolute Gasteiger partial charge is 0.495 e. The molecule has 1 aliphatic carbocycles. The van der Waals surface area contributed by atoms with Gasteiger partial charge in [0.1, 0.15) is 10.6 Å². The zero-order valence-electron chi connectivity index (χ0n) is 12.6. The molecule has 3 N–H and O–H groups in total. The number of ether oxygens (including phenoxy) is 1. The quantitative estimate of drug-likeness (QED) is 0.842. The molecule has 0 amide bonds. The number of methoxy groups -OCH3 is 1. The molecule has 1 aromatic rings. The standard InChI is InChI=1S/C15H24N2O3S/c1-11(13-5-3-4-6-13)17-21(18,19)15-8-7-12(10-16)9-14(15)20-2/h7-9,11,13,17H,3-6,10,16H2,1-2H3. The van der Waals surface area contributed by atoms with E-state index in [2.05, 4.69) is 4.72 Å². The maximum Gasteiger partial charge on any atom is 0.244 e. The van der Waals surface area contributed by atoms with Crippen LogP contribution < -0.4 is 15.2 Å². The fourth-order valence-electron chi connectivity index (χ4n) is 2.92. The van der Waals surface area contributed by atoms with Crippen LogP contribution in [-0.2, 0) is 16.6 Å². The molecule has 1 aliphatic rings. The van der Waals surface area contributed by atoms with Crippen molar-refractivity contribution in [1.29, 1.82) is 0 Å². The van der Waals surface area contributed by atoms with E-state index in [9.17, 15) is 8.42 Å². The van der Waals surface area contributed by atoms with Crippen molar-refractivity contribution in [3.8, 4) is 5.75 Å². The predicted octanol–water partition coefficient (Wildman–Crippen LogP) is 2.01. The lowest BCUT2D eigenvalue weighted by atomic mass is 10.0. The Balaban J connectivity index is 2.22. The van der Waals surface area contributed by atoms with E-state index in [4.69, 9.17) is 10.5 Å². The molecular formula is C15H24N2O3S. The highest BCUT2D eigenvalue weighted by atomic mass is 32.2. The molecule has 0 aliphatic heterocycles. The van der Waals surface area contributed by atoms with Crippen molar-refractivity contribution >= 4 is 10.0 Å². The Bertz CT molecular complexity index is 581. The van der Waals surface area contributed by atoms with Crippen molar-refractivity contribution in [2.24, 2.45) is 11.7 Å². The second-order valence-electron chi connectivity index (χ2n) is 5.64. The average Bonchev–Trinajstić information content (AvgIpc) is 3.00. The molecule has 1 aromatic carbocycles. The van der Waals surface area contributed by atoms with E-state index in [1.165, 1.54) is 20.0 Å². The summed E-state index contributed by atoms with van der Waals surface area (Å²) in [6.45, 7) is 2.29. The van der Waals surface area contributed by atoms with Crippen LogP contribution in [0.25, 0.3) is 0 Å². The molecule has 2 rings (SSSR count). The summed E-state index contributed by atoms with van der Waals surface area (Å²) < 4.78 is 33.1. The first kappa shape index (κ1) is 16.3. The highest BCUT2D eigenvalue weighted by molar-refractivity contribution is 7.89. The lowest BCUT2D eigenvalue weighted by molar-refractivity contribution is 0.398. The molecule has 0 spiro atoms. The number of hydrogen-bond acceptors (Lipinski definition) is 4. The van der Waals surface area contributed by atoms with Crippen LogP contribution >= 0.6 is 0 Å². The molecule has 0 bridgehead atoms. The fourth-order valence-corrected chi connectivity index (χ4v) is 4.39. The molecular weight excluding hydrogens is 288 g/mol. The van der Waals surface area contributed by atoms with Gasteiger partial charge in [-0.3, -0.25) is 0 Å². The van der Waals surface area contributed by atoms with Gasteiger partial charge in [0.2, 0.25) is 10.0 Å². The molecule has 0 aromatic heterocycles. The summed E-state index contributed by atoms with van der Waals surface area (Å²) in [4.78, 5) is 0.173. The molecule has 1 atom stereocenters. The molecule has 0 heterocycles. The van der Waals surface area contributed by atoms with Gasteiger partial charge in [0.25, 0.3) is 0 Å². The van der Waals surface area contributed by atoms with Gasteiger partial charge in [0.05, 0.1) is 7.11 Å². The summed E-state index contributed by atoms with van der Waals surface area (Å²) in [6.07, 6.45) is 4.55. The number of rotatable bonds is 6. The predicted molar refractivity (Wildman–Crippen MR) is 82.6 cm³/mol. The van der Waals surface area contributed by atoms with Crippen LogP contribution in [0, 0.1) is 5.92 Å². The Morgan fingerprint density at radius 2 is 2.05 bits per heavy atom. The van der Waals surface area contributed by atoms with Gasteiger partial charge in [-0.2, -0.15) is 0 Å². The summed E-state index contributed by atoms with van der Waals surface area (Å²) >= 11 is 0. The van der Waals surface area contributed by atoms with Crippen molar-refractivity contribution in [1.82, 2.24) is 4.72 Å². The van der Waals surface area contributed by atoms with Gasteiger partial charge in [-0.15, -0.1) is 0 Å². The third kappa shape index (κ3) is 3.75. The first-order valence-electron chi connectivity index (χ1n) is 7.37. The SMILES string of the molecule is COc1cc(CN)ccc1S(=O)(=O)NC(C)C1CCCC1. The van der Waals surface area contributed by atoms with Gasteiger partial charge < -0.3 is 10.5 Å². The van der Waals surface area contributed by atoms with Gasteiger partial charge >= 0.3 is 0 Å². The summed E-state index contributed by atoms with van der Waals surface area (Å²) in [5, 5.41) is 0. The highest BCUT2D eigenvalue weighted by Gasteiger charge is 2.27. The molecule has 0 saturated heterocycles. The summed E-state index contributed by atoms with van der Waals surface area (Å²) in [5.74, 6) is 0.762. The summed E-state index contributed by atoms with van der Waals surface area (Å²) in [5.41, 5.74) is 6.42. The van der Waals surface area contributed by atoms with E-state index in [1.54, 1.807) is 18.2 Å². The fraction of sp³-hybridized carbons (Fsp3) is 0.600. The minimum atomic E-state index is -3.58. The topological polar surface area (TPSA) is 81.4 Å². The van der Waals surface area contributed by atoms with E-state index < -0.39 is 10.0 Å². The van der Waals surface area contributed by atoms with Crippen molar-refractivity contribution < 1.29 is 13.2 Å². The van der Waals surface area contributed by atoms with Gasteiger partial charge in [-0.1, -0.05) is 18.9 Å². The van der Waals surface area contributed by atoms with Gasteiger partial charge in [-0.05, 0) is 43.4 Å². The van der Waals surface area contributed by atoms with Crippen LogP contribution in [0.1, 0.15) is 38.2 Å². The molecule has 21 heavy (non-hydrogen) atoms. The van der Waals surface area contributed by atoms with E-state index in [-0.39, 0.29) is 10.9 Å². The number of benzene rings is 1. The Labute approximate surface area is 126 Å². The third-order valence-corrected chi connectivity index (χ3v) is 5.80. The van der Waals surface area contributed by atoms with Gasteiger partial charge in [-0.25, -0.2) is 13.1 Å². The first-order valence-corrected chi connectivity index (χ1v) is 8.85. The lowest BCUT2D eigenvalue weighted by Gasteiger charge is -2.21. The Hall–Kier alpha value is -1.11. The van der Waals surface area contributed by atoms with Crippen LogP contribution in [0.2, 0.25) is 0 Å². The monoisotopic (exact) mass is 312 g/mol. The van der Waals surface area contributed by atoms with Crippen molar-refractivity contribution in [2.45, 2.75) is 50.1 Å². The molecule has 1 unspecified atom stereocenters. The highest BCUT2D eigenvalue weighted by Crippen LogP contribution is 2.30. The maximum atomic E-state index is 12.6. The van der Waals surface area contributed by atoms with Crippen molar-refractivity contribution in [3.05, 3.63) is 23.8 Å². The lowest BCUT2D eigenvalue weighted by Crippen LogP contribution is -2.37.